The Kier molecular flexibility index (Phi) is 4.25. The number of anilines is 1. The summed E-state index contributed by atoms with van der Waals surface area (Å²) in [5.41, 5.74) is -0.186. The second-order valence-corrected chi connectivity index (χ2v) is 3.80. The number of rotatable bonds is 5. The summed E-state index contributed by atoms with van der Waals surface area (Å²) in [5, 5.41) is 36.1. The summed E-state index contributed by atoms with van der Waals surface area (Å²) in [6.07, 6.45) is 0. The van der Waals surface area contributed by atoms with E-state index in [0.29, 0.717) is 17.8 Å². The van der Waals surface area contributed by atoms with Crippen molar-refractivity contribution >= 4 is 28.5 Å². The van der Waals surface area contributed by atoms with Gasteiger partial charge in [0.15, 0.2) is 0 Å². The number of hydrazone groups is 1. The molecule has 0 unspecified atom stereocenters. The van der Waals surface area contributed by atoms with Crippen LogP contribution in [0.5, 0.6) is 0 Å². The first-order valence-electron chi connectivity index (χ1n) is 5.12. The molecule has 0 saturated carbocycles. The number of nitrogens with one attached hydrogen (secondary N) is 1. The highest BCUT2D eigenvalue weighted by molar-refractivity contribution is 5.82. The van der Waals surface area contributed by atoms with Gasteiger partial charge in [-0.15, -0.1) is 0 Å². The lowest BCUT2D eigenvalue weighted by atomic mass is 10.2. The lowest BCUT2D eigenvalue weighted by Gasteiger charge is -2.04. The highest BCUT2D eigenvalue weighted by atomic mass is 16.6. The van der Waals surface area contributed by atoms with Gasteiger partial charge in [0, 0.05) is 5.71 Å². The van der Waals surface area contributed by atoms with Gasteiger partial charge >= 0.3 is 11.4 Å². The number of nitrogens with zero attached hydrogens (tertiary/aromatic N) is 4. The number of non-ortho nitro benzene ring substituents is 1. The summed E-state index contributed by atoms with van der Waals surface area (Å²) < 4.78 is 0. The smallest absolute Gasteiger partial charge is 0.266 e. The highest BCUT2D eigenvalue weighted by Crippen LogP contribution is 2.38. The van der Waals surface area contributed by atoms with E-state index < -0.39 is 37.5 Å². The van der Waals surface area contributed by atoms with E-state index in [2.05, 4.69) is 10.5 Å². The largest absolute Gasteiger partial charge is 0.308 e. The maximum Gasteiger partial charge on any atom is 0.308 e. The number of nitro groups is 3. The minimum Gasteiger partial charge on any atom is -0.266 e. The lowest BCUT2D eigenvalue weighted by molar-refractivity contribution is -0.401. The molecule has 0 aromatic heterocycles. The van der Waals surface area contributed by atoms with Crippen molar-refractivity contribution in [2.45, 2.75) is 13.8 Å². The third-order valence-corrected chi connectivity index (χ3v) is 2.08. The molecule has 1 aromatic rings. The molecule has 0 atom stereocenters. The monoisotopic (exact) mass is 283 g/mol. The van der Waals surface area contributed by atoms with Crippen LogP contribution in [0, 0.1) is 30.3 Å². The minimum atomic E-state index is -0.956. The molecular weight excluding hydrogens is 274 g/mol. The molecule has 11 nitrogen and oxygen atoms in total. The Hall–Kier alpha value is -3.11. The van der Waals surface area contributed by atoms with Crippen LogP contribution in [0.2, 0.25) is 0 Å². The van der Waals surface area contributed by atoms with E-state index in [0.717, 1.165) is 0 Å². The predicted octanol–water partition coefficient (Wildman–Crippen LogP) is 2.22. The Balaban J connectivity index is 3.59. The quantitative estimate of drug-likeness (QED) is 0.493. The molecule has 0 heterocycles. The topological polar surface area (TPSA) is 154 Å². The van der Waals surface area contributed by atoms with Crippen LogP contribution in [0.15, 0.2) is 17.2 Å². The minimum absolute atomic E-state index is 0.465. The molecule has 0 aliphatic carbocycles. The van der Waals surface area contributed by atoms with E-state index in [9.17, 15) is 30.3 Å². The van der Waals surface area contributed by atoms with Gasteiger partial charge in [-0.1, -0.05) is 0 Å². The van der Waals surface area contributed by atoms with E-state index in [-0.39, 0.29) is 0 Å². The first kappa shape index (κ1) is 14.9. The molecule has 0 fully saturated rings. The fraction of sp³-hybridized carbons (Fsp3) is 0.222. The molecule has 1 aromatic carbocycles. The second-order valence-electron chi connectivity index (χ2n) is 3.80. The molecule has 11 heteroatoms. The first-order chi connectivity index (χ1) is 9.23. The van der Waals surface area contributed by atoms with Gasteiger partial charge < -0.3 is 0 Å². The third kappa shape index (κ3) is 3.22. The molecule has 20 heavy (non-hydrogen) atoms. The molecule has 0 spiro atoms. The summed E-state index contributed by atoms with van der Waals surface area (Å²) >= 11 is 0. The van der Waals surface area contributed by atoms with Crippen molar-refractivity contribution < 1.29 is 14.8 Å². The molecule has 0 amide bonds. The van der Waals surface area contributed by atoms with Gasteiger partial charge in [0.1, 0.15) is 0 Å². The van der Waals surface area contributed by atoms with E-state index >= 15 is 0 Å². The van der Waals surface area contributed by atoms with Gasteiger partial charge in [-0.25, -0.2) is 0 Å². The molecular formula is C9H9N5O6. The Bertz CT molecular complexity index is 586. The molecule has 0 aliphatic rings. The maximum atomic E-state index is 10.9. The van der Waals surface area contributed by atoms with Crippen molar-refractivity contribution in [3.8, 4) is 0 Å². The Morgan fingerprint density at radius 3 is 1.75 bits per heavy atom. The number of hydrogen-bond donors (Lipinski definition) is 1. The summed E-state index contributed by atoms with van der Waals surface area (Å²) in [4.78, 5) is 29.6. The zero-order valence-electron chi connectivity index (χ0n) is 10.4. The Morgan fingerprint density at radius 2 is 1.45 bits per heavy atom. The molecule has 0 radical (unpaired) electrons. The predicted molar refractivity (Wildman–Crippen MR) is 68.8 cm³/mol. The summed E-state index contributed by atoms with van der Waals surface area (Å²) in [5.74, 6) is 0. The molecule has 0 saturated heterocycles. The van der Waals surface area contributed by atoms with Gasteiger partial charge in [-0.3, -0.25) is 35.8 Å². The zero-order valence-corrected chi connectivity index (χ0v) is 10.4. The summed E-state index contributed by atoms with van der Waals surface area (Å²) in [6.45, 7) is 3.13. The van der Waals surface area contributed by atoms with Crippen LogP contribution in [0.4, 0.5) is 22.7 Å². The van der Waals surface area contributed by atoms with Gasteiger partial charge in [0.2, 0.25) is 5.69 Å². The van der Waals surface area contributed by atoms with Crippen LogP contribution in [0.3, 0.4) is 0 Å². The van der Waals surface area contributed by atoms with Crippen molar-refractivity contribution in [3.63, 3.8) is 0 Å². The highest BCUT2D eigenvalue weighted by Gasteiger charge is 2.30. The fourth-order valence-corrected chi connectivity index (χ4v) is 1.27. The molecule has 1 N–H and O–H groups in total. The second kappa shape index (κ2) is 5.69. The standard InChI is InChI=1S/C9H9N5O6/c1-5(2)10-11-9-7(13(17)18)3-6(12(15)16)4-8(9)14(19)20/h3-4,11H,1-2H3. The normalized spacial score (nSPS) is 9.70. The van der Waals surface area contributed by atoms with Gasteiger partial charge in [-0.2, -0.15) is 5.10 Å². The van der Waals surface area contributed by atoms with Gasteiger partial charge in [0.05, 0.1) is 26.9 Å². The van der Waals surface area contributed by atoms with Crippen molar-refractivity contribution in [2.75, 3.05) is 5.43 Å². The van der Waals surface area contributed by atoms with Crippen molar-refractivity contribution in [3.05, 3.63) is 42.5 Å². The van der Waals surface area contributed by atoms with Crippen molar-refractivity contribution in [1.82, 2.24) is 0 Å². The summed E-state index contributed by atoms with van der Waals surface area (Å²) in [6, 6.07) is 1.27. The SMILES string of the molecule is CC(C)=NNc1c([N+](=O)[O-])cc([N+](=O)[O-])cc1[N+](=O)[O-]. The van der Waals surface area contributed by atoms with Crippen molar-refractivity contribution in [1.29, 1.82) is 0 Å². The first-order valence-corrected chi connectivity index (χ1v) is 5.12. The van der Waals surface area contributed by atoms with E-state index in [1.807, 2.05) is 0 Å². The average Bonchev–Trinajstić information content (AvgIpc) is 2.34. The number of hydrogen-bond acceptors (Lipinski definition) is 8. The summed E-state index contributed by atoms with van der Waals surface area (Å²) in [7, 11) is 0. The van der Waals surface area contributed by atoms with Crippen LogP contribution in [0.25, 0.3) is 0 Å². The third-order valence-electron chi connectivity index (χ3n) is 2.08. The lowest BCUT2D eigenvalue weighted by Crippen LogP contribution is -2.04. The molecule has 1 rings (SSSR count). The van der Waals surface area contributed by atoms with Crippen LogP contribution >= 0.6 is 0 Å². The van der Waals surface area contributed by atoms with E-state index in [1.54, 1.807) is 13.8 Å². The molecule has 0 aliphatic heterocycles. The van der Waals surface area contributed by atoms with E-state index in [4.69, 9.17) is 0 Å². The van der Waals surface area contributed by atoms with Crippen LogP contribution in [-0.2, 0) is 0 Å². The zero-order chi connectivity index (χ0) is 15.4. The molecule has 106 valence electrons. The maximum absolute atomic E-state index is 10.9. The average molecular weight is 283 g/mol. The van der Waals surface area contributed by atoms with Crippen LogP contribution in [0.1, 0.15) is 13.8 Å². The Labute approximate surface area is 111 Å². The van der Waals surface area contributed by atoms with Crippen LogP contribution in [-0.4, -0.2) is 20.5 Å². The number of nitro benzene ring substituents is 3. The number of benzene rings is 1. The van der Waals surface area contributed by atoms with Gasteiger partial charge in [-0.05, 0) is 13.8 Å². The van der Waals surface area contributed by atoms with Crippen LogP contribution < -0.4 is 5.43 Å². The fourth-order valence-electron chi connectivity index (χ4n) is 1.27. The van der Waals surface area contributed by atoms with Gasteiger partial charge in [0.25, 0.3) is 5.69 Å². The molecule has 0 bridgehead atoms. The van der Waals surface area contributed by atoms with Crippen molar-refractivity contribution in [2.24, 2.45) is 5.10 Å². The Morgan fingerprint density at radius 1 is 1.00 bits per heavy atom. The van der Waals surface area contributed by atoms with E-state index in [1.165, 1.54) is 0 Å².